The first-order chi connectivity index (χ1) is 15.7. The Morgan fingerprint density at radius 3 is 2.85 bits per heavy atom. The molecular formula is C22H23ClN4O5S. The smallest absolute Gasteiger partial charge is 0.258 e. The normalized spacial score (nSPS) is 16.2. The minimum Gasteiger partial charge on any atom is -0.377 e. The maximum atomic E-state index is 13.0. The number of halogens is 1. The zero-order valence-corrected chi connectivity index (χ0v) is 19.4. The van der Waals surface area contributed by atoms with E-state index in [1.807, 2.05) is 0 Å². The van der Waals surface area contributed by atoms with E-state index in [0.29, 0.717) is 23.3 Å². The van der Waals surface area contributed by atoms with Crippen LogP contribution < -0.4 is 10.3 Å². The summed E-state index contributed by atoms with van der Waals surface area (Å²) < 4.78 is 33.5. The Labute approximate surface area is 195 Å². The van der Waals surface area contributed by atoms with Crippen LogP contribution in [-0.4, -0.2) is 55.5 Å². The van der Waals surface area contributed by atoms with Crippen LogP contribution in [0.5, 0.6) is 0 Å². The fraction of sp³-hybridized carbons (Fsp3) is 0.318. The van der Waals surface area contributed by atoms with Crippen LogP contribution in [0, 0.1) is 0 Å². The van der Waals surface area contributed by atoms with Crippen LogP contribution in [0.25, 0.3) is 10.9 Å². The average molecular weight is 491 g/mol. The molecule has 9 nitrogen and oxygen atoms in total. The van der Waals surface area contributed by atoms with Crippen molar-refractivity contribution < 1.29 is 17.9 Å². The Hall–Kier alpha value is -2.79. The number of carbonyl (C=O) groups is 1. The highest BCUT2D eigenvalue weighted by Crippen LogP contribution is 2.24. The minimum absolute atomic E-state index is 0.00886. The first kappa shape index (κ1) is 23.4. The second-order valence-corrected chi connectivity index (χ2v) is 9.97. The highest BCUT2D eigenvalue weighted by atomic mass is 35.5. The second-order valence-electron chi connectivity index (χ2n) is 7.82. The van der Waals surface area contributed by atoms with Crippen LogP contribution in [0.4, 0.5) is 0 Å². The molecule has 174 valence electrons. The lowest BCUT2D eigenvalue weighted by Gasteiger charge is -2.18. The largest absolute Gasteiger partial charge is 0.377 e. The lowest BCUT2D eigenvalue weighted by Crippen LogP contribution is -2.32. The molecule has 2 aromatic carbocycles. The van der Waals surface area contributed by atoms with Gasteiger partial charge in [-0.15, -0.1) is 0 Å². The molecule has 3 aromatic rings. The fourth-order valence-corrected chi connectivity index (χ4v) is 5.24. The van der Waals surface area contributed by atoms with E-state index in [0.717, 1.165) is 12.8 Å². The van der Waals surface area contributed by atoms with Gasteiger partial charge in [0.1, 0.15) is 10.7 Å². The molecule has 0 saturated carbocycles. The SMILES string of the molecule is CN(Cc1nc2ccccc2c(=O)[nH]1)C(=O)c1ccc(Cl)c(S(=O)(=O)NCC2CCCO2)c1. The van der Waals surface area contributed by atoms with Gasteiger partial charge < -0.3 is 14.6 Å². The number of ether oxygens (including phenoxy) is 1. The van der Waals surface area contributed by atoms with Crippen molar-refractivity contribution in [2.24, 2.45) is 0 Å². The molecule has 1 aromatic heterocycles. The predicted molar refractivity (Wildman–Crippen MR) is 124 cm³/mol. The predicted octanol–water partition coefficient (Wildman–Crippen LogP) is 2.31. The number of para-hydroxylation sites is 1. The van der Waals surface area contributed by atoms with Gasteiger partial charge in [0.2, 0.25) is 10.0 Å². The number of aromatic nitrogens is 2. The number of carbonyl (C=O) groups excluding carboxylic acids is 1. The third-order valence-electron chi connectivity index (χ3n) is 5.39. The van der Waals surface area contributed by atoms with Gasteiger partial charge in [0.25, 0.3) is 11.5 Å². The molecular weight excluding hydrogens is 468 g/mol. The van der Waals surface area contributed by atoms with Gasteiger partial charge in [-0.3, -0.25) is 9.59 Å². The Morgan fingerprint density at radius 2 is 2.09 bits per heavy atom. The average Bonchev–Trinajstić information content (AvgIpc) is 3.31. The van der Waals surface area contributed by atoms with Crippen molar-refractivity contribution in [3.05, 3.63) is 69.2 Å². The highest BCUT2D eigenvalue weighted by molar-refractivity contribution is 7.89. The summed E-state index contributed by atoms with van der Waals surface area (Å²) in [5, 5.41) is 0.466. The summed E-state index contributed by atoms with van der Waals surface area (Å²) in [6.45, 7) is 0.777. The number of amides is 1. The lowest BCUT2D eigenvalue weighted by molar-refractivity contribution is 0.0781. The number of benzene rings is 2. The van der Waals surface area contributed by atoms with Gasteiger partial charge >= 0.3 is 0 Å². The molecule has 1 amide bonds. The molecule has 1 fully saturated rings. The fourth-order valence-electron chi connectivity index (χ4n) is 3.65. The lowest BCUT2D eigenvalue weighted by atomic mass is 10.2. The number of fused-ring (bicyclic) bond motifs is 1. The van der Waals surface area contributed by atoms with E-state index in [1.54, 1.807) is 24.3 Å². The van der Waals surface area contributed by atoms with E-state index in [1.165, 1.54) is 30.1 Å². The van der Waals surface area contributed by atoms with Crippen LogP contribution >= 0.6 is 11.6 Å². The zero-order valence-electron chi connectivity index (χ0n) is 17.9. The quantitative estimate of drug-likeness (QED) is 0.524. The van der Waals surface area contributed by atoms with Gasteiger partial charge in [-0.05, 0) is 43.2 Å². The second kappa shape index (κ2) is 9.60. The number of sulfonamides is 1. The number of nitrogens with zero attached hydrogens (tertiary/aromatic N) is 2. The summed E-state index contributed by atoms with van der Waals surface area (Å²) in [7, 11) is -2.40. The van der Waals surface area contributed by atoms with Gasteiger partial charge in [-0.25, -0.2) is 18.1 Å². The summed E-state index contributed by atoms with van der Waals surface area (Å²) in [4.78, 5) is 33.5. The Bertz CT molecular complexity index is 1350. The van der Waals surface area contributed by atoms with E-state index in [9.17, 15) is 18.0 Å². The van der Waals surface area contributed by atoms with Crippen molar-refractivity contribution in [1.29, 1.82) is 0 Å². The van der Waals surface area contributed by atoms with Crippen molar-refractivity contribution in [3.8, 4) is 0 Å². The molecule has 0 bridgehead atoms. The van der Waals surface area contributed by atoms with Crippen LogP contribution in [0.15, 0.2) is 52.2 Å². The molecule has 2 heterocycles. The van der Waals surface area contributed by atoms with Crippen molar-refractivity contribution in [2.75, 3.05) is 20.2 Å². The Balaban J connectivity index is 1.52. The maximum absolute atomic E-state index is 13.0. The van der Waals surface area contributed by atoms with Gasteiger partial charge in [-0.2, -0.15) is 0 Å². The molecule has 33 heavy (non-hydrogen) atoms. The standard InChI is InChI=1S/C22H23ClN4O5S/c1-27(13-20-25-18-7-3-2-6-16(18)21(28)26-20)22(29)14-8-9-17(23)19(11-14)33(30,31)24-12-15-5-4-10-32-15/h2-3,6-9,11,15,24H,4-5,10,12-13H2,1H3,(H,25,26,28). The van der Waals surface area contributed by atoms with E-state index >= 15 is 0 Å². The zero-order chi connectivity index (χ0) is 23.6. The van der Waals surface area contributed by atoms with E-state index < -0.39 is 15.9 Å². The first-order valence-corrected chi connectivity index (χ1v) is 12.2. The van der Waals surface area contributed by atoms with Crippen LogP contribution in [0.1, 0.15) is 29.0 Å². The number of H-pyrrole nitrogens is 1. The summed E-state index contributed by atoms with van der Waals surface area (Å²) in [6.07, 6.45) is 1.50. The van der Waals surface area contributed by atoms with Crippen LogP contribution in [-0.2, 0) is 21.3 Å². The Kier molecular flexibility index (Phi) is 6.80. The summed E-state index contributed by atoms with van der Waals surface area (Å²) in [5.41, 5.74) is 0.366. The number of hydrogen-bond acceptors (Lipinski definition) is 6. The van der Waals surface area contributed by atoms with Crippen LogP contribution in [0.2, 0.25) is 5.02 Å². The topological polar surface area (TPSA) is 121 Å². The summed E-state index contributed by atoms with van der Waals surface area (Å²) >= 11 is 6.14. The molecule has 0 radical (unpaired) electrons. The van der Waals surface area contributed by atoms with E-state index in [-0.39, 0.29) is 40.2 Å². The highest BCUT2D eigenvalue weighted by Gasteiger charge is 2.24. The van der Waals surface area contributed by atoms with Gasteiger partial charge in [0.05, 0.1) is 28.6 Å². The monoisotopic (exact) mass is 490 g/mol. The molecule has 1 aliphatic rings. The third-order valence-corrected chi connectivity index (χ3v) is 7.29. The molecule has 1 atom stereocenters. The molecule has 1 saturated heterocycles. The minimum atomic E-state index is -3.94. The van der Waals surface area contributed by atoms with E-state index in [4.69, 9.17) is 16.3 Å². The first-order valence-electron chi connectivity index (χ1n) is 10.4. The molecule has 4 rings (SSSR count). The molecule has 11 heteroatoms. The van der Waals surface area contributed by atoms with Crippen molar-refractivity contribution in [2.45, 2.75) is 30.4 Å². The number of rotatable bonds is 7. The Morgan fingerprint density at radius 1 is 1.30 bits per heavy atom. The summed E-state index contributed by atoms with van der Waals surface area (Å²) in [6, 6.07) is 11.0. The molecule has 0 spiro atoms. The van der Waals surface area contributed by atoms with Crippen LogP contribution in [0.3, 0.4) is 0 Å². The molecule has 2 N–H and O–H groups in total. The maximum Gasteiger partial charge on any atom is 0.258 e. The van der Waals surface area contributed by atoms with Crippen molar-refractivity contribution in [1.82, 2.24) is 19.6 Å². The van der Waals surface area contributed by atoms with Crippen molar-refractivity contribution in [3.63, 3.8) is 0 Å². The number of nitrogens with one attached hydrogen (secondary N) is 2. The van der Waals surface area contributed by atoms with E-state index in [2.05, 4.69) is 14.7 Å². The van der Waals surface area contributed by atoms with Crippen molar-refractivity contribution >= 4 is 38.4 Å². The molecule has 1 unspecified atom stereocenters. The number of hydrogen-bond donors (Lipinski definition) is 2. The van der Waals surface area contributed by atoms with Gasteiger partial charge in [-0.1, -0.05) is 23.7 Å². The summed E-state index contributed by atoms with van der Waals surface area (Å²) in [5.74, 6) is -0.132. The molecule has 1 aliphatic heterocycles. The van der Waals surface area contributed by atoms with Gasteiger partial charge in [0.15, 0.2) is 0 Å². The molecule has 0 aliphatic carbocycles. The van der Waals surface area contributed by atoms with Gasteiger partial charge in [0, 0.05) is 25.8 Å². The number of aromatic amines is 1. The third kappa shape index (κ3) is 5.25.